The van der Waals surface area contributed by atoms with Crippen LogP contribution in [0, 0.1) is 0 Å². The molecule has 1 atom stereocenters. The lowest BCUT2D eigenvalue weighted by atomic mass is 10.1. The third-order valence-corrected chi connectivity index (χ3v) is 6.01. The summed E-state index contributed by atoms with van der Waals surface area (Å²) in [4.78, 5) is 14.1. The lowest BCUT2D eigenvalue weighted by Crippen LogP contribution is -2.40. The highest BCUT2D eigenvalue weighted by Gasteiger charge is 2.39. The SMILES string of the molecule is CCCSc1nsnc1O[C@@H]1CC2=C=C1N(C(=O)OCc1ccccc1)C2. The molecule has 0 unspecified atom stereocenters. The van der Waals surface area contributed by atoms with Crippen molar-refractivity contribution in [3.8, 4) is 5.88 Å². The molecule has 2 bridgehead atoms. The maximum Gasteiger partial charge on any atom is 0.415 e. The van der Waals surface area contributed by atoms with Crippen LogP contribution in [0.25, 0.3) is 0 Å². The number of likely N-dealkylation sites (tertiary alicyclic amines) is 1. The second kappa shape index (κ2) is 8.17. The van der Waals surface area contributed by atoms with Gasteiger partial charge >= 0.3 is 6.09 Å². The van der Waals surface area contributed by atoms with Crippen LogP contribution >= 0.6 is 23.5 Å². The molecule has 4 rings (SSSR count). The zero-order valence-electron chi connectivity index (χ0n) is 14.9. The summed E-state index contributed by atoms with van der Waals surface area (Å²) >= 11 is 2.79. The molecule has 140 valence electrons. The van der Waals surface area contributed by atoms with Crippen molar-refractivity contribution in [2.75, 3.05) is 12.3 Å². The molecule has 6 nitrogen and oxygen atoms in total. The van der Waals surface area contributed by atoms with Crippen molar-refractivity contribution in [2.24, 2.45) is 0 Å². The summed E-state index contributed by atoms with van der Waals surface area (Å²) in [5.74, 6) is 1.51. The number of ether oxygens (including phenoxy) is 2. The minimum atomic E-state index is -0.373. The molecule has 0 N–H and O–H groups in total. The van der Waals surface area contributed by atoms with E-state index in [0.717, 1.165) is 52.2 Å². The summed E-state index contributed by atoms with van der Waals surface area (Å²) in [5.41, 5.74) is 6.00. The number of hydrogen-bond acceptors (Lipinski definition) is 7. The van der Waals surface area contributed by atoms with Crippen molar-refractivity contribution in [3.05, 3.63) is 52.9 Å². The lowest BCUT2D eigenvalue weighted by molar-refractivity contribution is 0.0934. The quantitative estimate of drug-likeness (QED) is 0.510. The molecule has 27 heavy (non-hydrogen) atoms. The van der Waals surface area contributed by atoms with E-state index in [1.54, 1.807) is 16.7 Å². The first-order valence-corrected chi connectivity index (χ1v) is 10.5. The molecule has 0 radical (unpaired) electrons. The predicted molar refractivity (Wildman–Crippen MR) is 104 cm³/mol. The Kier molecular flexibility index (Phi) is 5.48. The van der Waals surface area contributed by atoms with Crippen LogP contribution in [0.5, 0.6) is 5.88 Å². The highest BCUT2D eigenvalue weighted by molar-refractivity contribution is 7.99. The van der Waals surface area contributed by atoms with Crippen LogP contribution in [0.1, 0.15) is 25.3 Å². The Bertz CT molecular complexity index is 891. The maximum absolute atomic E-state index is 12.5. The molecule has 0 fully saturated rings. The Balaban J connectivity index is 1.37. The number of aromatic nitrogens is 2. The molecule has 0 saturated carbocycles. The van der Waals surface area contributed by atoms with Crippen LogP contribution in [0.4, 0.5) is 4.79 Å². The van der Waals surface area contributed by atoms with Crippen molar-refractivity contribution >= 4 is 29.6 Å². The fourth-order valence-corrected chi connectivity index (χ4v) is 4.36. The number of hydrogen-bond donors (Lipinski definition) is 0. The van der Waals surface area contributed by atoms with Gasteiger partial charge in [-0.1, -0.05) is 54.7 Å². The molecular formula is C19H19N3O3S2. The highest BCUT2D eigenvalue weighted by Crippen LogP contribution is 2.36. The minimum absolute atomic E-state index is 0.248. The van der Waals surface area contributed by atoms with Crippen molar-refractivity contribution in [3.63, 3.8) is 0 Å². The molecule has 1 aromatic carbocycles. The second-order valence-corrected chi connectivity index (χ2v) is 7.89. The number of thioether (sulfide) groups is 1. The molecule has 2 heterocycles. The van der Waals surface area contributed by atoms with E-state index in [1.165, 1.54) is 0 Å². The second-order valence-electron chi connectivity index (χ2n) is 6.27. The fraction of sp³-hybridized carbons (Fsp3) is 0.368. The number of piperidine rings is 1. The van der Waals surface area contributed by atoms with E-state index in [-0.39, 0.29) is 18.8 Å². The maximum atomic E-state index is 12.5. The van der Waals surface area contributed by atoms with E-state index >= 15 is 0 Å². The summed E-state index contributed by atoms with van der Waals surface area (Å²) in [6.45, 7) is 2.90. The van der Waals surface area contributed by atoms with Crippen molar-refractivity contribution in [1.29, 1.82) is 0 Å². The van der Waals surface area contributed by atoms with Gasteiger partial charge in [0.25, 0.3) is 5.88 Å². The van der Waals surface area contributed by atoms with Gasteiger partial charge in [0.05, 0.1) is 18.3 Å². The van der Waals surface area contributed by atoms with Crippen LogP contribution < -0.4 is 4.74 Å². The third kappa shape index (κ3) is 4.03. The van der Waals surface area contributed by atoms with Crippen LogP contribution in [0.2, 0.25) is 0 Å². The number of amides is 1. The molecule has 1 amide bonds. The minimum Gasteiger partial charge on any atom is -0.464 e. The van der Waals surface area contributed by atoms with Gasteiger partial charge < -0.3 is 9.47 Å². The molecule has 1 aromatic heterocycles. The summed E-state index contributed by atoms with van der Waals surface area (Å²) < 4.78 is 20.1. The number of rotatable bonds is 7. The van der Waals surface area contributed by atoms with Gasteiger partial charge in [0.1, 0.15) is 12.3 Å². The van der Waals surface area contributed by atoms with Gasteiger partial charge in [0.15, 0.2) is 11.1 Å². The van der Waals surface area contributed by atoms with Crippen molar-refractivity contribution < 1.29 is 14.3 Å². The Morgan fingerprint density at radius 1 is 1.37 bits per heavy atom. The van der Waals surface area contributed by atoms with Crippen LogP contribution in [0.15, 0.2) is 52.4 Å². The number of carbonyl (C=O) groups excluding carboxylic acids is 1. The normalized spacial score (nSPS) is 17.7. The molecule has 1 aliphatic carbocycles. The first-order valence-electron chi connectivity index (χ1n) is 8.83. The molecular weight excluding hydrogens is 382 g/mol. The predicted octanol–water partition coefficient (Wildman–Crippen LogP) is 4.25. The standard InChI is InChI=1S/C19H19N3O3S2/c1-2-8-26-18-17(20-27-21-18)25-16-10-14-9-15(16)22(11-14)19(23)24-12-13-6-4-3-5-7-13/h3-7,16H,2,8,10-12H2,1H3/t16-/m1/s1. The number of benzene rings is 1. The van der Waals surface area contributed by atoms with Crippen LogP contribution in [0.3, 0.4) is 0 Å². The van der Waals surface area contributed by atoms with Gasteiger partial charge in [-0.3, -0.25) is 4.90 Å². The van der Waals surface area contributed by atoms with Gasteiger partial charge in [-0.25, -0.2) is 4.79 Å². The Labute approximate surface area is 166 Å². The van der Waals surface area contributed by atoms with E-state index in [1.807, 2.05) is 30.3 Å². The van der Waals surface area contributed by atoms with Crippen molar-refractivity contribution in [1.82, 2.24) is 13.6 Å². The lowest BCUT2D eigenvalue weighted by Gasteiger charge is -2.29. The molecule has 1 aliphatic heterocycles. The zero-order valence-corrected chi connectivity index (χ0v) is 16.5. The van der Waals surface area contributed by atoms with Gasteiger partial charge in [0, 0.05) is 6.42 Å². The fourth-order valence-electron chi connectivity index (χ4n) is 2.98. The number of nitrogens with zero attached hydrogens (tertiary/aromatic N) is 3. The van der Waals surface area contributed by atoms with Crippen molar-refractivity contribution in [2.45, 2.75) is 37.5 Å². The first-order chi connectivity index (χ1) is 13.2. The average molecular weight is 402 g/mol. The molecule has 0 spiro atoms. The number of carbonyl (C=O) groups is 1. The smallest absolute Gasteiger partial charge is 0.415 e. The van der Waals surface area contributed by atoms with E-state index in [0.29, 0.717) is 12.4 Å². The van der Waals surface area contributed by atoms with Crippen LogP contribution in [-0.4, -0.2) is 38.1 Å². The Morgan fingerprint density at radius 2 is 2.22 bits per heavy atom. The van der Waals surface area contributed by atoms with E-state index in [4.69, 9.17) is 9.47 Å². The molecule has 8 heteroatoms. The zero-order chi connectivity index (χ0) is 18.6. The largest absolute Gasteiger partial charge is 0.464 e. The summed E-state index contributed by atoms with van der Waals surface area (Å²) in [6.07, 6.45) is 1.15. The summed E-state index contributed by atoms with van der Waals surface area (Å²) in [7, 11) is 0. The monoisotopic (exact) mass is 401 g/mol. The molecule has 2 aromatic rings. The van der Waals surface area contributed by atoms with Gasteiger partial charge in [-0.15, -0.1) is 4.37 Å². The summed E-state index contributed by atoms with van der Waals surface area (Å²) in [6, 6.07) is 9.64. The molecule has 0 saturated heterocycles. The van der Waals surface area contributed by atoms with Gasteiger partial charge in [-0.2, -0.15) is 4.37 Å². The average Bonchev–Trinajstić information content (AvgIpc) is 3.41. The highest BCUT2D eigenvalue weighted by atomic mass is 32.2. The Hall–Kier alpha value is -2.28. The van der Waals surface area contributed by atoms with E-state index in [9.17, 15) is 4.79 Å². The van der Waals surface area contributed by atoms with Gasteiger partial charge in [0.2, 0.25) is 0 Å². The summed E-state index contributed by atoms with van der Waals surface area (Å²) in [5, 5.41) is 0.813. The van der Waals surface area contributed by atoms with Crippen LogP contribution in [-0.2, 0) is 11.3 Å². The van der Waals surface area contributed by atoms with Gasteiger partial charge in [-0.05, 0) is 23.3 Å². The van der Waals surface area contributed by atoms with E-state index < -0.39 is 0 Å². The van der Waals surface area contributed by atoms with E-state index in [2.05, 4.69) is 21.4 Å². The Morgan fingerprint density at radius 3 is 3.00 bits per heavy atom. The first kappa shape index (κ1) is 18.1. The molecule has 2 aliphatic rings. The third-order valence-electron chi connectivity index (χ3n) is 4.23. The topological polar surface area (TPSA) is 64.6 Å².